The third-order valence-electron chi connectivity index (χ3n) is 3.55. The molecule has 0 saturated heterocycles. The zero-order valence-electron chi connectivity index (χ0n) is 14.6. The molecule has 0 aromatic carbocycles. The molecule has 0 spiro atoms. The molecule has 0 aliphatic carbocycles. The smallest absolute Gasteiger partial charge is 0.120 e. The van der Waals surface area contributed by atoms with Crippen molar-refractivity contribution in [2.24, 2.45) is 5.92 Å². The van der Waals surface area contributed by atoms with E-state index in [4.69, 9.17) is 4.42 Å². The van der Waals surface area contributed by atoms with Crippen molar-refractivity contribution in [2.75, 3.05) is 13.1 Å². The van der Waals surface area contributed by atoms with Gasteiger partial charge < -0.3 is 9.73 Å². The Morgan fingerprint density at radius 3 is 2.57 bits per heavy atom. The van der Waals surface area contributed by atoms with E-state index in [2.05, 4.69) is 64.4 Å². The van der Waals surface area contributed by atoms with Crippen LogP contribution in [0.4, 0.5) is 0 Å². The van der Waals surface area contributed by atoms with Crippen molar-refractivity contribution in [1.82, 2.24) is 10.2 Å². The molecular weight excluding hydrogens is 260 g/mol. The molecule has 0 bridgehead atoms. The maximum Gasteiger partial charge on any atom is 0.120 e. The molecule has 0 aliphatic heterocycles. The number of hydrogen-bond acceptors (Lipinski definition) is 3. The molecule has 0 unspecified atom stereocenters. The van der Waals surface area contributed by atoms with Crippen LogP contribution >= 0.6 is 0 Å². The standard InChI is InChI=1S/C18H32N2O/c1-8-9-20(18(5,6)7)13-16-10-15(4)17(21-16)12-19-11-14(2)3/h8,10,14,19H,1,9,11-13H2,2-7H3. The fraction of sp³-hybridized carbons (Fsp3) is 0.667. The third-order valence-corrected chi connectivity index (χ3v) is 3.55. The lowest BCUT2D eigenvalue weighted by molar-refractivity contribution is 0.133. The van der Waals surface area contributed by atoms with Gasteiger partial charge in [0.2, 0.25) is 0 Å². The van der Waals surface area contributed by atoms with Crippen molar-refractivity contribution in [1.29, 1.82) is 0 Å². The Labute approximate surface area is 130 Å². The maximum atomic E-state index is 6.03. The fourth-order valence-electron chi connectivity index (χ4n) is 2.24. The maximum absolute atomic E-state index is 6.03. The molecule has 1 aromatic rings. The number of nitrogens with zero attached hydrogens (tertiary/aromatic N) is 1. The van der Waals surface area contributed by atoms with Gasteiger partial charge in [-0.25, -0.2) is 0 Å². The van der Waals surface area contributed by atoms with Crippen molar-refractivity contribution in [3.05, 3.63) is 35.8 Å². The number of hydrogen-bond donors (Lipinski definition) is 1. The van der Waals surface area contributed by atoms with E-state index >= 15 is 0 Å². The molecule has 0 fully saturated rings. The Balaban J connectivity index is 2.69. The summed E-state index contributed by atoms with van der Waals surface area (Å²) < 4.78 is 6.03. The van der Waals surface area contributed by atoms with Gasteiger partial charge in [-0.1, -0.05) is 19.9 Å². The number of nitrogens with one attached hydrogen (secondary N) is 1. The van der Waals surface area contributed by atoms with E-state index in [1.165, 1.54) is 5.56 Å². The highest BCUT2D eigenvalue weighted by atomic mass is 16.3. The topological polar surface area (TPSA) is 28.4 Å². The fourth-order valence-corrected chi connectivity index (χ4v) is 2.24. The predicted octanol–water partition coefficient (Wildman–Crippen LogP) is 4.12. The quantitative estimate of drug-likeness (QED) is 0.731. The summed E-state index contributed by atoms with van der Waals surface area (Å²) in [5.41, 5.74) is 1.33. The van der Waals surface area contributed by atoms with E-state index in [9.17, 15) is 0 Å². The molecule has 1 heterocycles. The molecule has 1 aromatic heterocycles. The van der Waals surface area contributed by atoms with Gasteiger partial charge >= 0.3 is 0 Å². The first-order valence-electron chi connectivity index (χ1n) is 7.89. The second-order valence-corrected chi connectivity index (χ2v) is 7.18. The zero-order chi connectivity index (χ0) is 16.0. The SMILES string of the molecule is C=CCN(Cc1cc(C)c(CNCC(C)C)o1)C(C)(C)C. The van der Waals surface area contributed by atoms with Crippen LogP contribution < -0.4 is 5.32 Å². The Bertz CT molecular complexity index is 441. The van der Waals surface area contributed by atoms with Gasteiger partial charge in [0.15, 0.2) is 0 Å². The zero-order valence-corrected chi connectivity index (χ0v) is 14.6. The molecule has 0 aliphatic rings. The largest absolute Gasteiger partial charge is 0.463 e. The lowest BCUT2D eigenvalue weighted by Gasteiger charge is -2.34. The normalized spacial score (nSPS) is 12.4. The lowest BCUT2D eigenvalue weighted by atomic mass is 10.1. The van der Waals surface area contributed by atoms with E-state index in [1.807, 2.05) is 6.08 Å². The van der Waals surface area contributed by atoms with Crippen LogP contribution in [0.3, 0.4) is 0 Å². The molecule has 0 atom stereocenters. The van der Waals surface area contributed by atoms with Crippen molar-refractivity contribution in [3.8, 4) is 0 Å². The van der Waals surface area contributed by atoms with Crippen molar-refractivity contribution in [3.63, 3.8) is 0 Å². The highest BCUT2D eigenvalue weighted by molar-refractivity contribution is 5.20. The second kappa shape index (κ2) is 7.81. The van der Waals surface area contributed by atoms with Gasteiger partial charge in [0.05, 0.1) is 13.1 Å². The first-order chi connectivity index (χ1) is 9.74. The molecule has 21 heavy (non-hydrogen) atoms. The number of rotatable bonds is 8. The molecular formula is C18H32N2O. The van der Waals surface area contributed by atoms with Crippen LogP contribution in [0.5, 0.6) is 0 Å². The van der Waals surface area contributed by atoms with Crippen LogP contribution in [0.15, 0.2) is 23.1 Å². The van der Waals surface area contributed by atoms with Gasteiger partial charge in [0.1, 0.15) is 11.5 Å². The summed E-state index contributed by atoms with van der Waals surface area (Å²) in [5.74, 6) is 2.74. The van der Waals surface area contributed by atoms with E-state index in [-0.39, 0.29) is 5.54 Å². The molecule has 1 N–H and O–H groups in total. The van der Waals surface area contributed by atoms with Gasteiger partial charge in [-0.15, -0.1) is 6.58 Å². The molecule has 3 nitrogen and oxygen atoms in total. The molecule has 3 heteroatoms. The number of furan rings is 1. The minimum atomic E-state index is 0.102. The van der Waals surface area contributed by atoms with Crippen LogP contribution in [-0.4, -0.2) is 23.5 Å². The number of aryl methyl sites for hydroxylation is 1. The van der Waals surface area contributed by atoms with Crippen molar-refractivity contribution >= 4 is 0 Å². The first kappa shape index (κ1) is 18.0. The summed E-state index contributed by atoms with van der Waals surface area (Å²) in [6, 6.07) is 2.16. The average molecular weight is 292 g/mol. The van der Waals surface area contributed by atoms with Crippen LogP contribution in [0, 0.1) is 12.8 Å². The highest BCUT2D eigenvalue weighted by Gasteiger charge is 2.21. The molecule has 0 amide bonds. The van der Waals surface area contributed by atoms with Gasteiger partial charge in [-0.3, -0.25) is 4.90 Å². The van der Waals surface area contributed by atoms with Gasteiger partial charge in [0, 0.05) is 12.1 Å². The Morgan fingerprint density at radius 1 is 1.38 bits per heavy atom. The Hall–Kier alpha value is -1.06. The molecule has 1 rings (SSSR count). The summed E-state index contributed by atoms with van der Waals surface area (Å²) in [6.45, 7) is 20.6. The predicted molar refractivity (Wildman–Crippen MR) is 90.3 cm³/mol. The summed E-state index contributed by atoms with van der Waals surface area (Å²) in [4.78, 5) is 2.36. The monoisotopic (exact) mass is 292 g/mol. The summed E-state index contributed by atoms with van der Waals surface area (Å²) in [7, 11) is 0. The lowest BCUT2D eigenvalue weighted by Crippen LogP contribution is -2.40. The van der Waals surface area contributed by atoms with Crippen LogP contribution in [0.25, 0.3) is 0 Å². The average Bonchev–Trinajstić information content (AvgIpc) is 2.68. The minimum absolute atomic E-state index is 0.102. The summed E-state index contributed by atoms with van der Waals surface area (Å²) >= 11 is 0. The van der Waals surface area contributed by atoms with Gasteiger partial charge in [-0.2, -0.15) is 0 Å². The summed E-state index contributed by atoms with van der Waals surface area (Å²) in [5, 5.41) is 3.44. The Kier molecular flexibility index (Phi) is 6.69. The van der Waals surface area contributed by atoms with E-state index in [0.717, 1.165) is 37.7 Å². The summed E-state index contributed by atoms with van der Waals surface area (Å²) in [6.07, 6.45) is 1.95. The van der Waals surface area contributed by atoms with Gasteiger partial charge in [-0.05, 0) is 51.8 Å². The van der Waals surface area contributed by atoms with Crippen LogP contribution in [-0.2, 0) is 13.1 Å². The van der Waals surface area contributed by atoms with Crippen LogP contribution in [0.2, 0.25) is 0 Å². The van der Waals surface area contributed by atoms with Crippen molar-refractivity contribution in [2.45, 2.75) is 60.2 Å². The Morgan fingerprint density at radius 2 is 2.05 bits per heavy atom. The molecule has 0 saturated carbocycles. The molecule has 0 radical (unpaired) electrons. The third kappa shape index (κ3) is 6.06. The van der Waals surface area contributed by atoms with E-state index in [1.54, 1.807) is 0 Å². The van der Waals surface area contributed by atoms with E-state index in [0.29, 0.717) is 5.92 Å². The minimum Gasteiger partial charge on any atom is -0.463 e. The van der Waals surface area contributed by atoms with E-state index < -0.39 is 0 Å². The molecule has 120 valence electrons. The highest BCUT2D eigenvalue weighted by Crippen LogP contribution is 2.21. The van der Waals surface area contributed by atoms with Crippen LogP contribution in [0.1, 0.15) is 51.7 Å². The second-order valence-electron chi connectivity index (χ2n) is 7.18. The first-order valence-corrected chi connectivity index (χ1v) is 7.89. The van der Waals surface area contributed by atoms with Crippen molar-refractivity contribution < 1.29 is 4.42 Å². The van der Waals surface area contributed by atoms with Gasteiger partial charge in [0.25, 0.3) is 0 Å².